The number of hydrogen-bond donors (Lipinski definition) is 2. The Morgan fingerprint density at radius 1 is 1.16 bits per heavy atom. The van der Waals surface area contributed by atoms with E-state index in [9.17, 15) is 4.79 Å². The Morgan fingerprint density at radius 3 is 2.80 bits per heavy atom. The molecule has 7 heteroatoms. The van der Waals surface area contributed by atoms with Crippen molar-refractivity contribution < 1.29 is 9.53 Å². The molecule has 2 aliphatic rings. The molecule has 0 bridgehead atoms. The quantitative estimate of drug-likeness (QED) is 0.828. The first kappa shape index (κ1) is 15.7. The van der Waals surface area contributed by atoms with Crippen molar-refractivity contribution in [2.24, 2.45) is 10.9 Å². The lowest BCUT2D eigenvalue weighted by Gasteiger charge is -2.20. The van der Waals surface area contributed by atoms with E-state index in [1.807, 2.05) is 18.2 Å². The molecule has 2 saturated heterocycles. The van der Waals surface area contributed by atoms with Gasteiger partial charge in [0.25, 0.3) is 5.91 Å². The molecule has 0 atom stereocenters. The number of carbonyl (C=O) groups is 1. The van der Waals surface area contributed by atoms with Crippen LogP contribution in [-0.2, 0) is 9.53 Å². The highest BCUT2D eigenvalue weighted by Crippen LogP contribution is 2.16. The summed E-state index contributed by atoms with van der Waals surface area (Å²) in [5.74, 6) is 0.861. The molecule has 2 fully saturated rings. The predicted molar refractivity (Wildman–Crippen MR) is 94.6 cm³/mol. The highest BCUT2D eigenvalue weighted by molar-refractivity contribution is 6.15. The monoisotopic (exact) mass is 337 g/mol. The first-order valence-corrected chi connectivity index (χ1v) is 8.41. The molecule has 1 aromatic heterocycles. The van der Waals surface area contributed by atoms with Gasteiger partial charge in [0.2, 0.25) is 5.96 Å². The van der Waals surface area contributed by atoms with E-state index in [-0.39, 0.29) is 5.91 Å². The summed E-state index contributed by atoms with van der Waals surface area (Å²) in [5, 5.41) is 5.83. The third-order valence-electron chi connectivity index (χ3n) is 4.38. The van der Waals surface area contributed by atoms with Gasteiger partial charge >= 0.3 is 0 Å². The fourth-order valence-electron chi connectivity index (χ4n) is 2.96. The number of fused-ring (bicyclic) bond motifs is 1. The van der Waals surface area contributed by atoms with Crippen molar-refractivity contribution in [2.45, 2.75) is 12.8 Å². The van der Waals surface area contributed by atoms with Crippen LogP contribution >= 0.6 is 0 Å². The molecule has 1 aromatic carbocycles. The zero-order valence-corrected chi connectivity index (χ0v) is 13.7. The number of nitrogens with one attached hydrogen (secondary N) is 2. The van der Waals surface area contributed by atoms with E-state index in [2.05, 4.69) is 25.6 Å². The van der Waals surface area contributed by atoms with Crippen LogP contribution in [0.5, 0.6) is 0 Å². The smallest absolute Gasteiger partial charge is 0.274 e. The van der Waals surface area contributed by atoms with Gasteiger partial charge in [0.05, 0.1) is 11.0 Å². The van der Waals surface area contributed by atoms with Gasteiger partial charge in [-0.1, -0.05) is 6.07 Å². The van der Waals surface area contributed by atoms with Crippen molar-refractivity contribution in [3.05, 3.63) is 41.9 Å². The number of guanidine groups is 1. The minimum Gasteiger partial charge on any atom is -0.381 e. The number of carbonyl (C=O) groups excluding carboxylic acids is 1. The fraction of sp³-hybridized carbons (Fsp3) is 0.333. The summed E-state index contributed by atoms with van der Waals surface area (Å²) in [5.41, 5.74) is 2.99. The summed E-state index contributed by atoms with van der Waals surface area (Å²) in [7, 11) is 0. The van der Waals surface area contributed by atoms with Crippen LogP contribution in [-0.4, -0.2) is 41.6 Å². The summed E-state index contributed by atoms with van der Waals surface area (Å²) in [6.45, 7) is 2.29. The SMILES string of the molecule is O=C1NC(=NCC2CCOCC2)N/C1=C\c1ccc2nccnc2c1. The van der Waals surface area contributed by atoms with Gasteiger partial charge in [0.15, 0.2) is 0 Å². The van der Waals surface area contributed by atoms with Gasteiger partial charge in [0.1, 0.15) is 5.70 Å². The van der Waals surface area contributed by atoms with E-state index >= 15 is 0 Å². The molecule has 1 amide bonds. The van der Waals surface area contributed by atoms with Gasteiger partial charge in [-0.2, -0.15) is 0 Å². The second kappa shape index (κ2) is 6.98. The number of aromatic nitrogens is 2. The molecule has 128 valence electrons. The van der Waals surface area contributed by atoms with E-state index in [0.29, 0.717) is 24.1 Å². The molecule has 0 saturated carbocycles. The minimum atomic E-state index is -0.176. The first-order valence-electron chi connectivity index (χ1n) is 8.41. The maximum absolute atomic E-state index is 12.1. The zero-order valence-electron chi connectivity index (χ0n) is 13.7. The van der Waals surface area contributed by atoms with Crippen molar-refractivity contribution in [3.63, 3.8) is 0 Å². The summed E-state index contributed by atoms with van der Waals surface area (Å²) in [6, 6.07) is 5.71. The molecular weight excluding hydrogens is 318 g/mol. The van der Waals surface area contributed by atoms with Crippen LogP contribution in [0.15, 0.2) is 41.3 Å². The minimum absolute atomic E-state index is 0.176. The van der Waals surface area contributed by atoms with Gasteiger partial charge in [-0.05, 0) is 42.5 Å². The predicted octanol–water partition coefficient (Wildman–Crippen LogP) is 1.47. The van der Waals surface area contributed by atoms with Crippen molar-refractivity contribution in [1.82, 2.24) is 20.6 Å². The van der Waals surface area contributed by atoms with Crippen molar-refractivity contribution >= 4 is 29.0 Å². The molecule has 2 aromatic rings. The number of amides is 1. The van der Waals surface area contributed by atoms with Gasteiger partial charge < -0.3 is 10.1 Å². The molecule has 0 aliphatic carbocycles. The number of rotatable bonds is 3. The average molecular weight is 337 g/mol. The van der Waals surface area contributed by atoms with E-state index in [1.54, 1.807) is 18.5 Å². The highest BCUT2D eigenvalue weighted by atomic mass is 16.5. The Balaban J connectivity index is 1.48. The number of hydrogen-bond acceptors (Lipinski definition) is 5. The lowest BCUT2D eigenvalue weighted by Crippen LogP contribution is -2.27. The first-order chi connectivity index (χ1) is 12.3. The lowest BCUT2D eigenvalue weighted by atomic mass is 10.0. The van der Waals surface area contributed by atoms with Gasteiger partial charge in [-0.3, -0.25) is 25.1 Å². The maximum Gasteiger partial charge on any atom is 0.274 e. The number of aliphatic imine (C=N–C) groups is 1. The van der Waals surface area contributed by atoms with Crippen molar-refractivity contribution in [3.8, 4) is 0 Å². The fourth-order valence-corrected chi connectivity index (χ4v) is 2.96. The van der Waals surface area contributed by atoms with Crippen molar-refractivity contribution in [2.75, 3.05) is 19.8 Å². The Labute approximate surface area is 145 Å². The third kappa shape index (κ3) is 3.66. The Morgan fingerprint density at radius 2 is 1.96 bits per heavy atom. The van der Waals surface area contributed by atoms with E-state index in [1.165, 1.54) is 0 Å². The summed E-state index contributed by atoms with van der Waals surface area (Å²) >= 11 is 0. The molecule has 25 heavy (non-hydrogen) atoms. The number of nitrogens with zero attached hydrogens (tertiary/aromatic N) is 3. The molecule has 2 N–H and O–H groups in total. The average Bonchev–Trinajstić information content (AvgIpc) is 3.00. The Bertz CT molecular complexity index is 855. The van der Waals surface area contributed by atoms with Crippen LogP contribution in [0, 0.1) is 5.92 Å². The number of ether oxygens (including phenoxy) is 1. The molecule has 4 rings (SSSR count). The van der Waals surface area contributed by atoms with Crippen LogP contribution < -0.4 is 10.6 Å². The summed E-state index contributed by atoms with van der Waals surface area (Å²) in [6.07, 6.45) is 7.14. The molecule has 3 heterocycles. The van der Waals surface area contributed by atoms with E-state index < -0.39 is 0 Å². The number of benzene rings is 1. The van der Waals surface area contributed by atoms with Crippen LogP contribution in [0.25, 0.3) is 17.1 Å². The van der Waals surface area contributed by atoms with Gasteiger partial charge in [-0.25, -0.2) is 0 Å². The molecule has 7 nitrogen and oxygen atoms in total. The molecular formula is C18H19N5O2. The normalized spacial score (nSPS) is 21.7. The largest absolute Gasteiger partial charge is 0.381 e. The zero-order chi connectivity index (χ0) is 17.1. The van der Waals surface area contributed by atoms with Crippen LogP contribution in [0.2, 0.25) is 0 Å². The third-order valence-corrected chi connectivity index (χ3v) is 4.38. The summed E-state index contributed by atoms with van der Waals surface area (Å²) < 4.78 is 5.35. The van der Waals surface area contributed by atoms with Crippen LogP contribution in [0.3, 0.4) is 0 Å². The molecule has 0 unspecified atom stereocenters. The Kier molecular flexibility index (Phi) is 4.39. The van der Waals surface area contributed by atoms with Crippen molar-refractivity contribution in [1.29, 1.82) is 0 Å². The maximum atomic E-state index is 12.1. The lowest BCUT2D eigenvalue weighted by molar-refractivity contribution is -0.115. The highest BCUT2D eigenvalue weighted by Gasteiger charge is 2.22. The van der Waals surface area contributed by atoms with Crippen LogP contribution in [0.1, 0.15) is 18.4 Å². The van der Waals surface area contributed by atoms with E-state index in [0.717, 1.165) is 42.7 Å². The molecule has 0 radical (unpaired) electrons. The Hall–Kier alpha value is -2.80. The van der Waals surface area contributed by atoms with E-state index in [4.69, 9.17) is 4.74 Å². The topological polar surface area (TPSA) is 88.5 Å². The summed E-state index contributed by atoms with van der Waals surface area (Å²) in [4.78, 5) is 25.2. The molecule has 2 aliphatic heterocycles. The second-order valence-corrected chi connectivity index (χ2v) is 6.19. The standard InChI is InChI=1S/C18H19N5O2/c24-17-16(10-13-1-2-14-15(9-13)20-6-5-19-14)22-18(23-17)21-11-12-3-7-25-8-4-12/h1-2,5-6,9-10,12H,3-4,7-8,11H2,(H2,21,22,23,24)/b16-10-. The van der Waals surface area contributed by atoms with Gasteiger partial charge in [0, 0.05) is 32.2 Å². The van der Waals surface area contributed by atoms with Gasteiger partial charge in [-0.15, -0.1) is 0 Å². The second-order valence-electron chi connectivity index (χ2n) is 6.19. The van der Waals surface area contributed by atoms with Crippen LogP contribution in [0.4, 0.5) is 0 Å². The molecule has 0 spiro atoms.